The van der Waals surface area contributed by atoms with Gasteiger partial charge in [0.2, 0.25) is 5.78 Å². The lowest BCUT2D eigenvalue weighted by molar-refractivity contribution is 0.103. The third-order valence-electron chi connectivity index (χ3n) is 2.66. The summed E-state index contributed by atoms with van der Waals surface area (Å²) < 4.78 is 13.6. The summed E-state index contributed by atoms with van der Waals surface area (Å²) in [5, 5.41) is 9.63. The van der Waals surface area contributed by atoms with Crippen LogP contribution >= 0.6 is 11.6 Å². The Morgan fingerprint density at radius 3 is 2.40 bits per heavy atom. The van der Waals surface area contributed by atoms with Crippen molar-refractivity contribution in [2.24, 2.45) is 0 Å². The van der Waals surface area contributed by atoms with Gasteiger partial charge < -0.3 is 0 Å². The quantitative estimate of drug-likeness (QED) is 0.480. The molecule has 20 heavy (non-hydrogen) atoms. The predicted octanol–water partition coefficient (Wildman–Crippen LogP) is 4.27. The van der Waals surface area contributed by atoms with Gasteiger partial charge in [0.25, 0.3) is 0 Å². The molecule has 0 atom stereocenters. The summed E-state index contributed by atoms with van der Waals surface area (Å²) >= 11 is 5.76. The Morgan fingerprint density at radius 1 is 1.15 bits per heavy atom. The van der Waals surface area contributed by atoms with E-state index in [0.29, 0.717) is 10.6 Å². The fourth-order valence-corrected chi connectivity index (χ4v) is 1.79. The maximum atomic E-state index is 13.6. The molecule has 0 bridgehead atoms. The average Bonchev–Trinajstić information content (AvgIpc) is 2.46. The Hall–Kier alpha value is -2.44. The van der Waals surface area contributed by atoms with E-state index < -0.39 is 11.6 Å². The molecule has 0 unspecified atom stereocenters. The van der Waals surface area contributed by atoms with Gasteiger partial charge >= 0.3 is 0 Å². The minimum absolute atomic E-state index is 0.116. The zero-order chi connectivity index (χ0) is 14.5. The van der Waals surface area contributed by atoms with Crippen molar-refractivity contribution in [1.29, 1.82) is 5.26 Å². The van der Waals surface area contributed by atoms with E-state index in [2.05, 4.69) is 0 Å². The molecule has 0 fully saturated rings. The van der Waals surface area contributed by atoms with E-state index in [9.17, 15) is 9.18 Å². The van der Waals surface area contributed by atoms with E-state index in [4.69, 9.17) is 16.9 Å². The van der Waals surface area contributed by atoms with Crippen LogP contribution in [0.5, 0.6) is 0 Å². The predicted molar refractivity (Wildman–Crippen MR) is 75.8 cm³/mol. The second kappa shape index (κ2) is 6.14. The third-order valence-corrected chi connectivity index (χ3v) is 2.92. The summed E-state index contributed by atoms with van der Waals surface area (Å²) in [5.41, 5.74) is 0.405. The molecule has 4 heteroatoms. The van der Waals surface area contributed by atoms with Gasteiger partial charge in [-0.2, -0.15) is 5.26 Å². The van der Waals surface area contributed by atoms with E-state index >= 15 is 0 Å². The molecule has 0 N–H and O–H groups in total. The summed E-state index contributed by atoms with van der Waals surface area (Å²) in [6.07, 6.45) is 1.41. The highest BCUT2D eigenvalue weighted by atomic mass is 35.5. The van der Waals surface area contributed by atoms with Gasteiger partial charge in [-0.15, -0.1) is 0 Å². The largest absolute Gasteiger partial charge is 0.288 e. The number of carbonyl (C=O) groups is 1. The lowest BCUT2D eigenvalue weighted by atomic mass is 10.0. The number of ketones is 1. The number of carbonyl (C=O) groups excluding carboxylic acids is 1. The van der Waals surface area contributed by atoms with Crippen molar-refractivity contribution >= 4 is 23.5 Å². The van der Waals surface area contributed by atoms with E-state index in [1.807, 2.05) is 0 Å². The lowest BCUT2D eigenvalue weighted by Gasteiger charge is -2.01. The normalized spacial score (nSPS) is 10.9. The van der Waals surface area contributed by atoms with Crippen LogP contribution in [0, 0.1) is 17.1 Å². The van der Waals surface area contributed by atoms with Crippen molar-refractivity contribution < 1.29 is 9.18 Å². The molecule has 0 saturated carbocycles. The molecular formula is C16H9ClFNO. The summed E-state index contributed by atoms with van der Waals surface area (Å²) in [5.74, 6) is -1.28. The molecule has 0 saturated heterocycles. The molecule has 0 spiro atoms. The number of rotatable bonds is 3. The van der Waals surface area contributed by atoms with E-state index in [1.54, 1.807) is 36.4 Å². The van der Waals surface area contributed by atoms with Crippen LogP contribution in [0.2, 0.25) is 5.02 Å². The van der Waals surface area contributed by atoms with E-state index in [-0.39, 0.29) is 11.1 Å². The van der Waals surface area contributed by atoms with Crippen LogP contribution in [0.25, 0.3) is 6.08 Å². The molecule has 2 nitrogen and oxygen atoms in total. The highest BCUT2D eigenvalue weighted by molar-refractivity contribution is 6.30. The van der Waals surface area contributed by atoms with Crippen LogP contribution in [-0.2, 0) is 0 Å². The zero-order valence-corrected chi connectivity index (χ0v) is 11.1. The van der Waals surface area contributed by atoms with E-state index in [1.165, 1.54) is 24.3 Å². The fraction of sp³-hybridized carbons (Fsp3) is 0. The van der Waals surface area contributed by atoms with Gasteiger partial charge in [-0.25, -0.2) is 4.39 Å². The number of hydrogen-bond donors (Lipinski definition) is 0. The SMILES string of the molecule is N#C/C(=C\c1ccc(Cl)cc1)C(=O)c1ccccc1F. The maximum absolute atomic E-state index is 13.6. The van der Waals surface area contributed by atoms with Crippen LogP contribution in [0.3, 0.4) is 0 Å². The van der Waals surface area contributed by atoms with Gasteiger partial charge in [0.05, 0.1) is 5.56 Å². The van der Waals surface area contributed by atoms with Gasteiger partial charge in [-0.05, 0) is 35.9 Å². The Balaban J connectivity index is 2.38. The number of nitrogens with zero attached hydrogens (tertiary/aromatic N) is 1. The average molecular weight is 286 g/mol. The monoisotopic (exact) mass is 285 g/mol. The molecule has 0 aliphatic rings. The van der Waals surface area contributed by atoms with Crippen molar-refractivity contribution in [3.63, 3.8) is 0 Å². The minimum atomic E-state index is -0.644. The number of hydrogen-bond acceptors (Lipinski definition) is 2. The molecule has 0 radical (unpaired) electrons. The first-order chi connectivity index (χ1) is 9.61. The van der Waals surface area contributed by atoms with Crippen molar-refractivity contribution in [3.8, 4) is 6.07 Å². The molecule has 2 rings (SSSR count). The Kier molecular flexibility index (Phi) is 4.29. The first kappa shape index (κ1) is 14.0. The Labute approximate surface area is 120 Å². The molecule has 2 aromatic carbocycles. The number of halogens is 2. The molecule has 0 aliphatic carbocycles. The maximum Gasteiger partial charge on any atom is 0.206 e. The van der Waals surface area contributed by atoms with Crippen molar-refractivity contribution in [1.82, 2.24) is 0 Å². The smallest absolute Gasteiger partial charge is 0.206 e. The molecular weight excluding hydrogens is 277 g/mol. The Morgan fingerprint density at radius 2 is 1.80 bits per heavy atom. The van der Waals surface area contributed by atoms with Gasteiger partial charge in [0, 0.05) is 5.02 Å². The van der Waals surface area contributed by atoms with Crippen molar-refractivity contribution in [2.75, 3.05) is 0 Å². The first-order valence-corrected chi connectivity index (χ1v) is 6.16. The number of nitriles is 1. The molecule has 0 heterocycles. The topological polar surface area (TPSA) is 40.9 Å². The van der Waals surface area contributed by atoms with Crippen LogP contribution < -0.4 is 0 Å². The molecule has 2 aromatic rings. The van der Waals surface area contributed by atoms with Crippen LogP contribution in [0.1, 0.15) is 15.9 Å². The molecule has 0 aromatic heterocycles. The molecule has 98 valence electrons. The van der Waals surface area contributed by atoms with Crippen LogP contribution in [0.4, 0.5) is 4.39 Å². The van der Waals surface area contributed by atoms with Crippen molar-refractivity contribution in [2.45, 2.75) is 0 Å². The van der Waals surface area contributed by atoms with Gasteiger partial charge in [0.1, 0.15) is 17.5 Å². The van der Waals surface area contributed by atoms with Gasteiger partial charge in [-0.3, -0.25) is 4.79 Å². The summed E-state index contributed by atoms with van der Waals surface area (Å²) in [4.78, 5) is 12.1. The first-order valence-electron chi connectivity index (χ1n) is 5.78. The highest BCUT2D eigenvalue weighted by Crippen LogP contribution is 2.16. The number of Topliss-reactive ketones (excluding diaryl/α,β-unsaturated/α-hetero) is 1. The fourth-order valence-electron chi connectivity index (χ4n) is 1.66. The zero-order valence-electron chi connectivity index (χ0n) is 10.3. The minimum Gasteiger partial charge on any atom is -0.288 e. The van der Waals surface area contributed by atoms with Crippen LogP contribution in [-0.4, -0.2) is 5.78 Å². The number of benzene rings is 2. The highest BCUT2D eigenvalue weighted by Gasteiger charge is 2.15. The van der Waals surface area contributed by atoms with Crippen LogP contribution in [0.15, 0.2) is 54.1 Å². The molecule has 0 aliphatic heterocycles. The lowest BCUT2D eigenvalue weighted by Crippen LogP contribution is -2.04. The second-order valence-electron chi connectivity index (χ2n) is 4.03. The number of allylic oxidation sites excluding steroid dienone is 1. The standard InChI is InChI=1S/C16H9ClFNO/c17-13-7-5-11(6-8-13)9-12(10-19)16(20)14-3-1-2-4-15(14)18/h1-9H/b12-9+. The second-order valence-corrected chi connectivity index (χ2v) is 4.47. The summed E-state index contributed by atoms with van der Waals surface area (Å²) in [6.45, 7) is 0. The third kappa shape index (κ3) is 3.11. The summed E-state index contributed by atoms with van der Waals surface area (Å²) in [6, 6.07) is 14.0. The summed E-state index contributed by atoms with van der Waals surface area (Å²) in [7, 11) is 0. The molecule has 0 amide bonds. The van der Waals surface area contributed by atoms with E-state index in [0.717, 1.165) is 0 Å². The van der Waals surface area contributed by atoms with Gasteiger partial charge in [0.15, 0.2) is 0 Å². The Bertz CT molecular complexity index is 714. The van der Waals surface area contributed by atoms with Gasteiger partial charge in [-0.1, -0.05) is 35.9 Å². The van der Waals surface area contributed by atoms with Crippen molar-refractivity contribution in [3.05, 3.63) is 76.1 Å².